The summed E-state index contributed by atoms with van der Waals surface area (Å²) in [5.74, 6) is 1.52. The van der Waals surface area contributed by atoms with Crippen molar-refractivity contribution in [2.45, 2.75) is 38.1 Å². The first-order chi connectivity index (χ1) is 18.2. The zero-order chi connectivity index (χ0) is 25.3. The molecule has 5 nitrogen and oxygen atoms in total. The predicted octanol–water partition coefficient (Wildman–Crippen LogP) is 6.62. The van der Waals surface area contributed by atoms with E-state index in [0.717, 1.165) is 48.0 Å². The lowest BCUT2D eigenvalue weighted by molar-refractivity contribution is 0.0106. The van der Waals surface area contributed by atoms with Gasteiger partial charge in [-0.2, -0.15) is 0 Å². The lowest BCUT2D eigenvalue weighted by Gasteiger charge is -2.32. The smallest absolute Gasteiger partial charge is 0.119 e. The summed E-state index contributed by atoms with van der Waals surface area (Å²) in [4.78, 5) is 0. The molecule has 5 rings (SSSR count). The van der Waals surface area contributed by atoms with Crippen molar-refractivity contribution in [1.82, 2.24) is 5.32 Å². The zero-order valence-electron chi connectivity index (χ0n) is 21.6. The van der Waals surface area contributed by atoms with Crippen LogP contribution in [0.1, 0.15) is 35.4 Å². The molecule has 4 aromatic rings. The van der Waals surface area contributed by atoms with E-state index in [1.807, 2.05) is 30.3 Å². The molecular formula is C32H36ClNO4. The highest BCUT2D eigenvalue weighted by atomic mass is 35.5. The van der Waals surface area contributed by atoms with E-state index in [1.54, 1.807) is 12.1 Å². The molecule has 0 spiro atoms. The first-order valence-corrected chi connectivity index (χ1v) is 13.1. The average Bonchev–Trinajstić information content (AvgIpc) is 2.95. The first-order valence-electron chi connectivity index (χ1n) is 13.1. The summed E-state index contributed by atoms with van der Waals surface area (Å²) in [7, 11) is 0. The third kappa shape index (κ3) is 7.71. The van der Waals surface area contributed by atoms with E-state index in [0.29, 0.717) is 32.3 Å². The lowest BCUT2D eigenvalue weighted by Crippen LogP contribution is -2.40. The van der Waals surface area contributed by atoms with Crippen LogP contribution in [0.2, 0.25) is 0 Å². The van der Waals surface area contributed by atoms with E-state index in [-0.39, 0.29) is 24.3 Å². The van der Waals surface area contributed by atoms with Crippen LogP contribution in [-0.2, 0) is 22.7 Å². The van der Waals surface area contributed by atoms with Crippen LogP contribution >= 0.6 is 12.4 Å². The van der Waals surface area contributed by atoms with Crippen LogP contribution < -0.4 is 10.1 Å². The average molecular weight is 534 g/mol. The van der Waals surface area contributed by atoms with Crippen LogP contribution in [0.25, 0.3) is 10.8 Å². The Bertz CT molecular complexity index is 1270. The largest absolute Gasteiger partial charge is 0.508 e. The minimum absolute atomic E-state index is 0. The summed E-state index contributed by atoms with van der Waals surface area (Å²) in [6.45, 7) is 4.35. The van der Waals surface area contributed by atoms with Gasteiger partial charge in [0, 0.05) is 18.9 Å². The summed E-state index contributed by atoms with van der Waals surface area (Å²) < 4.78 is 18.1. The monoisotopic (exact) mass is 533 g/mol. The normalized spacial score (nSPS) is 17.2. The zero-order valence-corrected chi connectivity index (χ0v) is 22.4. The van der Waals surface area contributed by atoms with E-state index < -0.39 is 0 Å². The summed E-state index contributed by atoms with van der Waals surface area (Å²) in [5, 5.41) is 15.3. The predicted molar refractivity (Wildman–Crippen MR) is 154 cm³/mol. The second-order valence-corrected chi connectivity index (χ2v) is 9.62. The number of rotatable bonds is 11. The molecular weight excluding hydrogens is 498 g/mol. The summed E-state index contributed by atoms with van der Waals surface area (Å²) >= 11 is 0. The van der Waals surface area contributed by atoms with Crippen molar-refractivity contribution in [1.29, 1.82) is 0 Å². The van der Waals surface area contributed by atoms with Gasteiger partial charge in [0.05, 0.1) is 32.5 Å². The van der Waals surface area contributed by atoms with E-state index in [4.69, 9.17) is 14.2 Å². The Hall–Kier alpha value is -3.09. The molecule has 0 amide bonds. The lowest BCUT2D eigenvalue weighted by atomic mass is 9.87. The number of benzene rings is 4. The molecule has 6 heteroatoms. The molecule has 1 aliphatic rings. The van der Waals surface area contributed by atoms with E-state index in [9.17, 15) is 5.11 Å². The van der Waals surface area contributed by atoms with Gasteiger partial charge in [-0.25, -0.2) is 0 Å². The van der Waals surface area contributed by atoms with Gasteiger partial charge >= 0.3 is 0 Å². The Labute approximate surface area is 231 Å². The second kappa shape index (κ2) is 14.2. The van der Waals surface area contributed by atoms with Crippen molar-refractivity contribution >= 4 is 23.2 Å². The highest BCUT2D eigenvalue weighted by Crippen LogP contribution is 2.30. The highest BCUT2D eigenvalue weighted by Gasteiger charge is 2.27. The molecule has 1 heterocycles. The molecule has 1 fully saturated rings. The summed E-state index contributed by atoms with van der Waals surface area (Å²) in [5.41, 5.74) is 3.62. The molecule has 0 radical (unpaired) electrons. The van der Waals surface area contributed by atoms with E-state index >= 15 is 0 Å². The van der Waals surface area contributed by atoms with Crippen molar-refractivity contribution < 1.29 is 19.3 Å². The number of fused-ring (bicyclic) bond motifs is 1. The molecule has 0 aliphatic carbocycles. The van der Waals surface area contributed by atoms with Crippen LogP contribution in [0, 0.1) is 0 Å². The molecule has 38 heavy (non-hydrogen) atoms. The minimum Gasteiger partial charge on any atom is -0.508 e. The minimum atomic E-state index is 0. The number of hydrogen-bond donors (Lipinski definition) is 2. The fourth-order valence-corrected chi connectivity index (χ4v) is 4.89. The van der Waals surface area contributed by atoms with Crippen LogP contribution in [0.5, 0.6) is 11.5 Å². The first kappa shape index (κ1) is 27.9. The van der Waals surface area contributed by atoms with Crippen molar-refractivity contribution in [3.8, 4) is 11.5 Å². The van der Waals surface area contributed by atoms with Gasteiger partial charge < -0.3 is 24.6 Å². The van der Waals surface area contributed by atoms with Crippen LogP contribution in [0.3, 0.4) is 0 Å². The Morgan fingerprint density at radius 3 is 2.42 bits per heavy atom. The van der Waals surface area contributed by atoms with Crippen LogP contribution in [-0.4, -0.2) is 37.5 Å². The third-order valence-corrected chi connectivity index (χ3v) is 6.90. The van der Waals surface area contributed by atoms with E-state index in [1.165, 1.54) is 11.1 Å². The van der Waals surface area contributed by atoms with E-state index in [2.05, 4.69) is 53.8 Å². The van der Waals surface area contributed by atoms with Gasteiger partial charge in [-0.1, -0.05) is 60.7 Å². The maximum Gasteiger partial charge on any atom is 0.119 e. The number of aromatic hydroxyl groups is 1. The van der Waals surface area contributed by atoms with Gasteiger partial charge in [0.15, 0.2) is 0 Å². The number of phenolic OH excluding ortho intramolecular Hbond substituents is 1. The highest BCUT2D eigenvalue weighted by molar-refractivity contribution is 5.85. The fraction of sp³-hybridized carbons (Fsp3) is 0.312. The Kier molecular flexibility index (Phi) is 10.4. The molecule has 1 aliphatic heterocycles. The van der Waals surface area contributed by atoms with Crippen molar-refractivity contribution in [2.24, 2.45) is 0 Å². The SMILES string of the molecule is Cl.Oc1ccc2cc(COC3CNCCC3c3ccc(OCCCOCc4ccccc4)cc3)ccc2c1. The Balaban J connectivity index is 0.00000336. The maximum atomic E-state index is 9.69. The number of ether oxygens (including phenoxy) is 3. The molecule has 4 aromatic carbocycles. The van der Waals surface area contributed by atoms with Gasteiger partial charge in [-0.3, -0.25) is 0 Å². The standard InChI is InChI=1S/C32H35NO4.ClH/c34-29-12-9-27-19-25(7-8-28(27)20-29)23-37-32-21-33-16-15-31(32)26-10-13-30(14-11-26)36-18-4-17-35-22-24-5-2-1-3-6-24;/h1-3,5-14,19-20,31-34H,4,15-18,21-23H2;1H. The molecule has 0 aromatic heterocycles. The van der Waals surface area contributed by atoms with Crippen molar-refractivity contribution in [3.05, 3.63) is 108 Å². The molecule has 2 N–H and O–H groups in total. The maximum absolute atomic E-state index is 9.69. The topological polar surface area (TPSA) is 60.0 Å². The molecule has 2 unspecified atom stereocenters. The number of phenols is 1. The third-order valence-electron chi connectivity index (χ3n) is 6.90. The molecule has 1 saturated heterocycles. The van der Waals surface area contributed by atoms with Gasteiger partial charge in [0.1, 0.15) is 11.5 Å². The Morgan fingerprint density at radius 2 is 1.58 bits per heavy atom. The molecule has 0 saturated carbocycles. The Morgan fingerprint density at radius 1 is 0.789 bits per heavy atom. The summed E-state index contributed by atoms with van der Waals surface area (Å²) in [6, 6.07) is 30.4. The van der Waals surface area contributed by atoms with Crippen molar-refractivity contribution in [2.75, 3.05) is 26.3 Å². The van der Waals surface area contributed by atoms with Gasteiger partial charge in [-0.05, 0) is 70.8 Å². The number of halogens is 1. The second-order valence-electron chi connectivity index (χ2n) is 9.62. The summed E-state index contributed by atoms with van der Waals surface area (Å²) in [6.07, 6.45) is 2.01. The fourth-order valence-electron chi connectivity index (χ4n) is 4.89. The van der Waals surface area contributed by atoms with Gasteiger partial charge in [0.25, 0.3) is 0 Å². The van der Waals surface area contributed by atoms with Gasteiger partial charge in [0.2, 0.25) is 0 Å². The molecule has 0 bridgehead atoms. The molecule has 2 atom stereocenters. The number of hydrogen-bond acceptors (Lipinski definition) is 5. The molecule has 200 valence electrons. The van der Waals surface area contributed by atoms with Crippen LogP contribution in [0.4, 0.5) is 0 Å². The van der Waals surface area contributed by atoms with Crippen molar-refractivity contribution in [3.63, 3.8) is 0 Å². The quantitative estimate of drug-likeness (QED) is 0.212. The van der Waals surface area contributed by atoms with Gasteiger partial charge in [-0.15, -0.1) is 12.4 Å². The number of piperidine rings is 1. The number of nitrogens with one attached hydrogen (secondary N) is 1. The van der Waals surface area contributed by atoms with Crippen LogP contribution in [0.15, 0.2) is 91.0 Å².